The summed E-state index contributed by atoms with van der Waals surface area (Å²) in [6, 6.07) is 2.43. The maximum absolute atomic E-state index is 16.0. The van der Waals surface area contributed by atoms with E-state index in [4.69, 9.17) is 32.7 Å². The first kappa shape index (κ1) is 26.4. The molecule has 0 saturated carbocycles. The van der Waals surface area contributed by atoms with E-state index in [0.29, 0.717) is 32.0 Å². The Labute approximate surface area is 217 Å². The Morgan fingerprint density at radius 1 is 1.14 bits per heavy atom. The number of hydrazine groups is 1. The topological polar surface area (TPSA) is 132 Å². The van der Waals surface area contributed by atoms with E-state index >= 15 is 4.39 Å². The quantitative estimate of drug-likeness (QED) is 0.256. The molecule has 13 heteroatoms. The van der Waals surface area contributed by atoms with Crippen LogP contribution in [0.2, 0.25) is 5.02 Å². The van der Waals surface area contributed by atoms with Crippen LogP contribution in [0, 0.1) is 11.6 Å². The highest BCUT2D eigenvalue weighted by Gasteiger charge is 2.31. The minimum absolute atomic E-state index is 0.0585. The molecule has 1 aliphatic rings. The summed E-state index contributed by atoms with van der Waals surface area (Å²) in [4.78, 5) is 24.4. The second-order valence-corrected chi connectivity index (χ2v) is 9.82. The van der Waals surface area contributed by atoms with Crippen molar-refractivity contribution >= 4 is 45.8 Å². The molecule has 1 amide bonds. The van der Waals surface area contributed by atoms with Crippen molar-refractivity contribution in [3.8, 4) is 16.9 Å². The summed E-state index contributed by atoms with van der Waals surface area (Å²) in [5.74, 6) is 4.20. The number of amides is 1. The van der Waals surface area contributed by atoms with Crippen LogP contribution >= 0.6 is 11.6 Å². The van der Waals surface area contributed by atoms with Crippen molar-refractivity contribution < 1.29 is 23.0 Å². The number of piperazine rings is 1. The summed E-state index contributed by atoms with van der Waals surface area (Å²) in [5.41, 5.74) is 7.19. The molecule has 37 heavy (non-hydrogen) atoms. The molecule has 1 saturated heterocycles. The number of nitrogens with one attached hydrogen (secondary N) is 1. The highest BCUT2D eigenvalue weighted by atomic mass is 35.5. The zero-order valence-electron chi connectivity index (χ0n) is 20.9. The number of rotatable bonds is 4. The number of hydrogen-bond donors (Lipinski definition) is 3. The Bertz CT molecular complexity index is 1360. The first-order chi connectivity index (χ1) is 17.5. The fourth-order valence-corrected chi connectivity index (χ4v) is 4.59. The van der Waals surface area contributed by atoms with Crippen LogP contribution in [0.1, 0.15) is 20.8 Å². The highest BCUT2D eigenvalue weighted by molar-refractivity contribution is 6.37. The molecular formula is C24H28ClF2N7O3. The standard InChI is InChI=1S/C24H28ClF2N7O3/c1-24(2,3)37-23(35)34-9-7-33(8-10-34)22-16-20(30-11-31-22)18(27)15(17(25)21(16)36-4)14-12(26)5-6-13(32-29)19(14)28/h5-6,11,32H,7-10,28-29H2,1-4H3. The summed E-state index contributed by atoms with van der Waals surface area (Å²) in [7, 11) is 1.36. The number of methoxy groups -OCH3 is 1. The zero-order valence-corrected chi connectivity index (χ0v) is 21.6. The molecule has 1 aliphatic heterocycles. The minimum atomic E-state index is -0.892. The third-order valence-corrected chi connectivity index (χ3v) is 6.30. The maximum atomic E-state index is 16.0. The first-order valence-corrected chi connectivity index (χ1v) is 11.8. The lowest BCUT2D eigenvalue weighted by atomic mass is 9.98. The van der Waals surface area contributed by atoms with Crippen molar-refractivity contribution in [1.82, 2.24) is 14.9 Å². The number of benzene rings is 2. The number of nitrogens with zero attached hydrogens (tertiary/aromatic N) is 4. The van der Waals surface area contributed by atoms with Crippen LogP contribution in [-0.4, -0.2) is 59.9 Å². The van der Waals surface area contributed by atoms with Gasteiger partial charge in [-0.05, 0) is 32.9 Å². The van der Waals surface area contributed by atoms with E-state index in [-0.39, 0.29) is 44.2 Å². The fourth-order valence-electron chi connectivity index (χ4n) is 4.24. The van der Waals surface area contributed by atoms with Gasteiger partial charge in [0.2, 0.25) is 0 Å². The number of anilines is 3. The van der Waals surface area contributed by atoms with Crippen LogP contribution < -0.4 is 26.6 Å². The molecule has 2 heterocycles. The first-order valence-electron chi connectivity index (χ1n) is 11.5. The number of carbonyl (C=O) groups is 1. The molecule has 0 unspecified atom stereocenters. The number of halogens is 3. The van der Waals surface area contributed by atoms with Gasteiger partial charge in [-0.2, -0.15) is 0 Å². The number of hydrogen-bond acceptors (Lipinski definition) is 9. The Morgan fingerprint density at radius 2 is 1.81 bits per heavy atom. The molecule has 0 atom stereocenters. The number of nitrogen functional groups attached to an aromatic ring is 2. The van der Waals surface area contributed by atoms with E-state index in [1.54, 1.807) is 25.7 Å². The monoisotopic (exact) mass is 535 g/mol. The molecule has 3 aromatic rings. The van der Waals surface area contributed by atoms with Crippen LogP contribution in [0.3, 0.4) is 0 Å². The second-order valence-electron chi connectivity index (χ2n) is 9.44. The van der Waals surface area contributed by atoms with Gasteiger partial charge < -0.3 is 30.4 Å². The van der Waals surface area contributed by atoms with Gasteiger partial charge in [0.05, 0.1) is 28.9 Å². The van der Waals surface area contributed by atoms with E-state index in [9.17, 15) is 9.18 Å². The summed E-state index contributed by atoms with van der Waals surface area (Å²) in [6.07, 6.45) is 0.792. The van der Waals surface area contributed by atoms with Gasteiger partial charge in [-0.1, -0.05) is 11.6 Å². The van der Waals surface area contributed by atoms with Gasteiger partial charge in [0.25, 0.3) is 0 Å². The van der Waals surface area contributed by atoms with Crippen molar-refractivity contribution in [3.05, 3.63) is 35.1 Å². The van der Waals surface area contributed by atoms with E-state index in [0.717, 1.165) is 6.07 Å². The third kappa shape index (κ3) is 4.86. The summed E-state index contributed by atoms with van der Waals surface area (Å²) in [6.45, 7) is 6.90. The van der Waals surface area contributed by atoms with Crippen LogP contribution in [0.25, 0.3) is 22.0 Å². The van der Waals surface area contributed by atoms with Gasteiger partial charge in [-0.25, -0.2) is 23.5 Å². The van der Waals surface area contributed by atoms with Gasteiger partial charge in [-0.15, -0.1) is 0 Å². The predicted molar refractivity (Wildman–Crippen MR) is 139 cm³/mol. The lowest BCUT2D eigenvalue weighted by Crippen LogP contribution is -2.50. The predicted octanol–water partition coefficient (Wildman–Crippen LogP) is 4.16. The van der Waals surface area contributed by atoms with E-state index < -0.39 is 23.3 Å². The second kappa shape index (κ2) is 10.0. The highest BCUT2D eigenvalue weighted by Crippen LogP contribution is 2.48. The van der Waals surface area contributed by atoms with Crippen molar-refractivity contribution in [2.24, 2.45) is 5.84 Å². The lowest BCUT2D eigenvalue weighted by Gasteiger charge is -2.36. The molecule has 0 spiro atoms. The molecular weight excluding hydrogens is 508 g/mol. The molecule has 1 fully saturated rings. The fraction of sp³-hybridized carbons (Fsp3) is 0.375. The summed E-state index contributed by atoms with van der Waals surface area (Å²) < 4.78 is 41.9. The molecule has 0 aliphatic carbocycles. The average molecular weight is 536 g/mol. The Hall–Kier alpha value is -3.64. The van der Waals surface area contributed by atoms with Gasteiger partial charge in [0, 0.05) is 37.3 Å². The molecule has 0 radical (unpaired) electrons. The Balaban J connectivity index is 1.79. The van der Waals surface area contributed by atoms with Gasteiger partial charge in [-0.3, -0.25) is 5.84 Å². The molecule has 198 valence electrons. The van der Waals surface area contributed by atoms with Gasteiger partial charge in [0.15, 0.2) is 11.6 Å². The lowest BCUT2D eigenvalue weighted by molar-refractivity contribution is 0.0240. The number of carbonyl (C=O) groups excluding carboxylic acids is 1. The molecule has 5 N–H and O–H groups in total. The largest absolute Gasteiger partial charge is 0.494 e. The van der Waals surface area contributed by atoms with E-state index in [2.05, 4.69) is 15.4 Å². The van der Waals surface area contributed by atoms with E-state index in [1.807, 2.05) is 4.90 Å². The van der Waals surface area contributed by atoms with E-state index in [1.165, 1.54) is 19.5 Å². The number of fused-ring (bicyclic) bond motifs is 1. The van der Waals surface area contributed by atoms with Crippen LogP contribution in [0.4, 0.5) is 30.8 Å². The summed E-state index contributed by atoms with van der Waals surface area (Å²) >= 11 is 6.62. The smallest absolute Gasteiger partial charge is 0.410 e. The van der Waals surface area contributed by atoms with Crippen LogP contribution in [0.15, 0.2) is 18.5 Å². The van der Waals surface area contributed by atoms with Crippen LogP contribution in [-0.2, 0) is 4.74 Å². The van der Waals surface area contributed by atoms with Crippen molar-refractivity contribution in [2.45, 2.75) is 26.4 Å². The minimum Gasteiger partial charge on any atom is -0.494 e. The summed E-state index contributed by atoms with van der Waals surface area (Å²) in [5, 5.41) is 0.0183. The Morgan fingerprint density at radius 3 is 2.41 bits per heavy atom. The molecule has 1 aromatic heterocycles. The molecule has 0 bridgehead atoms. The van der Waals surface area contributed by atoms with Crippen molar-refractivity contribution in [3.63, 3.8) is 0 Å². The number of aromatic nitrogens is 2. The Kier molecular flexibility index (Phi) is 7.16. The number of nitrogens with two attached hydrogens (primary N) is 2. The third-order valence-electron chi connectivity index (χ3n) is 5.94. The maximum Gasteiger partial charge on any atom is 0.410 e. The molecule has 2 aromatic carbocycles. The van der Waals surface area contributed by atoms with Crippen molar-refractivity contribution in [1.29, 1.82) is 0 Å². The molecule has 10 nitrogen and oxygen atoms in total. The average Bonchev–Trinajstić information content (AvgIpc) is 2.85. The van der Waals surface area contributed by atoms with Crippen LogP contribution in [0.5, 0.6) is 5.75 Å². The normalized spacial score (nSPS) is 14.2. The zero-order chi connectivity index (χ0) is 27.1. The van der Waals surface area contributed by atoms with Crippen molar-refractivity contribution in [2.75, 3.05) is 49.3 Å². The molecule has 4 rings (SSSR count). The number of ether oxygens (including phenoxy) is 2. The SMILES string of the molecule is COc1c(Cl)c(-c2c(F)ccc(NN)c2N)c(F)c2ncnc(N3CCN(C(=O)OC(C)(C)C)CC3)c12. The van der Waals surface area contributed by atoms with Gasteiger partial charge in [0.1, 0.15) is 29.1 Å². The van der Waals surface area contributed by atoms with Gasteiger partial charge >= 0.3 is 6.09 Å².